The molecule has 4 aromatic rings. The summed E-state index contributed by atoms with van der Waals surface area (Å²) in [6, 6.07) is 23.1. The van der Waals surface area contributed by atoms with E-state index in [0.717, 1.165) is 17.5 Å². The third-order valence-electron chi connectivity index (χ3n) is 11.1. The zero-order valence-electron chi connectivity index (χ0n) is 37.2. The van der Waals surface area contributed by atoms with E-state index in [1.165, 1.54) is 31.2 Å². The van der Waals surface area contributed by atoms with E-state index in [0.29, 0.717) is 78.6 Å². The number of benzene rings is 4. The van der Waals surface area contributed by atoms with Crippen LogP contribution in [0.3, 0.4) is 0 Å². The van der Waals surface area contributed by atoms with E-state index in [4.69, 9.17) is 32.7 Å². The van der Waals surface area contributed by atoms with E-state index >= 15 is 0 Å². The summed E-state index contributed by atoms with van der Waals surface area (Å²) in [6.07, 6.45) is 1.12. The Hall–Kier alpha value is -5.28. The number of carbonyl (C=O) groups is 4. The van der Waals surface area contributed by atoms with Crippen molar-refractivity contribution in [1.29, 1.82) is 0 Å². The molecular weight excluding hydrogens is 865 g/mol. The van der Waals surface area contributed by atoms with Gasteiger partial charge in [-0.25, -0.2) is 8.78 Å². The van der Waals surface area contributed by atoms with Crippen LogP contribution >= 0.6 is 23.2 Å². The summed E-state index contributed by atoms with van der Waals surface area (Å²) in [7, 11) is 0. The second kappa shape index (κ2) is 23.6. The van der Waals surface area contributed by atoms with Crippen LogP contribution < -0.4 is 20.1 Å². The number of anilines is 2. The molecule has 6 rings (SSSR count). The van der Waals surface area contributed by atoms with Crippen LogP contribution in [0.25, 0.3) is 0 Å². The Kier molecular flexibility index (Phi) is 18.3. The summed E-state index contributed by atoms with van der Waals surface area (Å²) in [4.78, 5) is 57.5. The molecule has 4 aromatic carbocycles. The predicted molar refractivity (Wildman–Crippen MR) is 247 cm³/mol. The maximum absolute atomic E-state index is 13.2. The zero-order chi connectivity index (χ0) is 46.5. The van der Waals surface area contributed by atoms with Gasteiger partial charge < -0.3 is 29.9 Å². The fraction of sp³-hybridized carbons (Fsp3) is 0.417. The van der Waals surface area contributed by atoms with Crippen molar-refractivity contribution >= 4 is 58.2 Å². The lowest BCUT2D eigenvalue weighted by Gasteiger charge is -2.44. The number of hydrogen-bond donors (Lipinski definition) is 2. The third kappa shape index (κ3) is 14.6. The molecule has 64 heavy (non-hydrogen) atoms. The molecule has 16 heteroatoms. The van der Waals surface area contributed by atoms with Crippen molar-refractivity contribution in [3.8, 4) is 11.5 Å². The second-order valence-corrected chi connectivity index (χ2v) is 17.3. The van der Waals surface area contributed by atoms with Gasteiger partial charge in [-0.15, -0.1) is 0 Å². The highest BCUT2D eigenvalue weighted by Crippen LogP contribution is 2.30. The van der Waals surface area contributed by atoms with Crippen molar-refractivity contribution in [3.63, 3.8) is 0 Å². The highest BCUT2D eigenvalue weighted by atomic mass is 35.5. The summed E-state index contributed by atoms with van der Waals surface area (Å²) >= 11 is 12.1. The molecule has 0 aromatic heterocycles. The fourth-order valence-corrected chi connectivity index (χ4v) is 8.05. The second-order valence-electron chi connectivity index (χ2n) is 16.4. The standard InChI is InChI=1S/C25H31ClFN3O3.C23H27ClFN3O3/c1-4-5-24(31)28-22-12-20(26)8-11-23(22)33-16-25(32)30-14-17(2)29(13-18(30)3)15-19-6-9-21(27)10-7-19;1-15-12-28(16(2)11-27(15)13-18-4-7-20(25)8-5-18)23(30)14-31-22-9-6-19(24)10-21(22)26-17(3)29/h6-12,17-18H,4-5,13-16H2,1-3H3,(H,28,31);4-10,15-16H,11-14H2,1-3H3,(H,26,29). The summed E-state index contributed by atoms with van der Waals surface area (Å²) in [5.74, 6) is -0.307. The molecule has 12 nitrogen and oxygen atoms in total. The van der Waals surface area contributed by atoms with Crippen molar-refractivity contribution in [2.75, 3.05) is 50.0 Å². The number of ether oxygens (including phenoxy) is 2. The fourth-order valence-electron chi connectivity index (χ4n) is 7.71. The first-order chi connectivity index (χ1) is 30.5. The van der Waals surface area contributed by atoms with Crippen LogP contribution in [0.4, 0.5) is 20.2 Å². The van der Waals surface area contributed by atoms with Crippen LogP contribution in [0.1, 0.15) is 65.5 Å². The lowest BCUT2D eigenvalue weighted by atomic mass is 10.1. The maximum Gasteiger partial charge on any atom is 0.260 e. The van der Waals surface area contributed by atoms with Crippen LogP contribution in [0.5, 0.6) is 11.5 Å². The first kappa shape index (κ1) is 49.7. The van der Waals surface area contributed by atoms with Crippen LogP contribution in [-0.4, -0.2) is 107 Å². The number of nitrogens with one attached hydrogen (secondary N) is 2. The predicted octanol–water partition coefficient (Wildman–Crippen LogP) is 8.66. The van der Waals surface area contributed by atoms with E-state index in [1.807, 2.05) is 30.6 Å². The first-order valence-corrected chi connectivity index (χ1v) is 22.2. The lowest BCUT2D eigenvalue weighted by molar-refractivity contribution is -0.140. The van der Waals surface area contributed by atoms with E-state index in [1.54, 1.807) is 60.7 Å². The van der Waals surface area contributed by atoms with Gasteiger partial charge in [0.25, 0.3) is 11.8 Å². The molecule has 0 bridgehead atoms. The molecule has 0 radical (unpaired) electrons. The van der Waals surface area contributed by atoms with Gasteiger partial charge in [-0.2, -0.15) is 0 Å². The highest BCUT2D eigenvalue weighted by Gasteiger charge is 2.33. The van der Waals surface area contributed by atoms with Gasteiger partial charge in [0.1, 0.15) is 23.1 Å². The molecule has 0 saturated carbocycles. The number of hydrogen-bond acceptors (Lipinski definition) is 8. The van der Waals surface area contributed by atoms with Gasteiger partial charge >= 0.3 is 0 Å². The number of piperazine rings is 2. The van der Waals surface area contributed by atoms with Crippen LogP contribution in [0.2, 0.25) is 10.0 Å². The van der Waals surface area contributed by atoms with E-state index < -0.39 is 0 Å². The molecule has 344 valence electrons. The molecule has 2 N–H and O–H groups in total. The van der Waals surface area contributed by atoms with Crippen LogP contribution in [-0.2, 0) is 32.3 Å². The van der Waals surface area contributed by atoms with Gasteiger partial charge in [-0.05, 0) is 106 Å². The third-order valence-corrected chi connectivity index (χ3v) is 11.6. The van der Waals surface area contributed by atoms with Crippen molar-refractivity contribution < 1.29 is 37.4 Å². The molecular formula is C48H58Cl2F2N6O6. The van der Waals surface area contributed by atoms with Gasteiger partial charge in [0.2, 0.25) is 11.8 Å². The molecule has 2 fully saturated rings. The Labute approximate surface area is 384 Å². The minimum atomic E-state index is -0.252. The molecule has 4 amide bonds. The van der Waals surface area contributed by atoms with E-state index in [-0.39, 0.29) is 72.6 Å². The summed E-state index contributed by atoms with van der Waals surface area (Å²) in [5.41, 5.74) is 2.97. The van der Waals surface area contributed by atoms with Crippen LogP contribution in [0, 0.1) is 11.6 Å². The van der Waals surface area contributed by atoms with Crippen molar-refractivity contribution in [2.24, 2.45) is 0 Å². The largest absolute Gasteiger partial charge is 0.482 e. The van der Waals surface area contributed by atoms with Crippen molar-refractivity contribution in [3.05, 3.63) is 118 Å². The van der Waals surface area contributed by atoms with E-state index in [9.17, 15) is 28.0 Å². The van der Waals surface area contributed by atoms with Crippen molar-refractivity contribution in [2.45, 2.75) is 91.6 Å². The molecule has 4 unspecified atom stereocenters. The van der Waals surface area contributed by atoms with Crippen molar-refractivity contribution in [1.82, 2.24) is 19.6 Å². The molecule has 4 atom stereocenters. The Morgan fingerprint density at radius 2 is 1.02 bits per heavy atom. The van der Waals surface area contributed by atoms with Crippen LogP contribution in [0.15, 0.2) is 84.9 Å². The molecule has 0 aliphatic carbocycles. The average molecular weight is 924 g/mol. The van der Waals surface area contributed by atoms with Gasteiger partial charge in [-0.3, -0.25) is 29.0 Å². The minimum absolute atomic E-state index is 0.00620. The van der Waals surface area contributed by atoms with Gasteiger partial charge in [-0.1, -0.05) is 54.4 Å². The molecule has 2 saturated heterocycles. The van der Waals surface area contributed by atoms with Gasteiger partial charge in [0.15, 0.2) is 13.2 Å². The number of rotatable bonds is 14. The number of carbonyl (C=O) groups excluding carboxylic acids is 4. The Bertz CT molecular complexity index is 2220. The molecule has 0 spiro atoms. The minimum Gasteiger partial charge on any atom is -0.482 e. The molecule has 2 heterocycles. The smallest absolute Gasteiger partial charge is 0.260 e. The average Bonchev–Trinajstić information content (AvgIpc) is 3.24. The topological polar surface area (TPSA) is 124 Å². The molecule has 2 aliphatic heterocycles. The Morgan fingerprint density at radius 1 is 0.609 bits per heavy atom. The number of halogens is 4. The molecule has 2 aliphatic rings. The summed E-state index contributed by atoms with van der Waals surface area (Å²) in [5, 5.41) is 6.40. The summed E-state index contributed by atoms with van der Waals surface area (Å²) < 4.78 is 37.8. The number of nitrogens with zero attached hydrogens (tertiary/aromatic N) is 4. The monoisotopic (exact) mass is 922 g/mol. The van der Waals surface area contributed by atoms with E-state index in [2.05, 4.69) is 34.3 Å². The zero-order valence-corrected chi connectivity index (χ0v) is 38.7. The van der Waals surface area contributed by atoms with Gasteiger partial charge in [0, 0.05) is 86.8 Å². The lowest BCUT2D eigenvalue weighted by Crippen LogP contribution is -2.58. The first-order valence-electron chi connectivity index (χ1n) is 21.5. The Balaban J connectivity index is 0.000000241. The number of amides is 4. The summed E-state index contributed by atoms with van der Waals surface area (Å²) in [6.45, 7) is 15.2. The highest BCUT2D eigenvalue weighted by molar-refractivity contribution is 6.31. The SMILES string of the molecule is CC(=O)Nc1cc(Cl)ccc1OCC(=O)N1CC(C)N(Cc2ccc(F)cc2)CC1C.CCCC(=O)Nc1cc(Cl)ccc1OCC(=O)N1CC(C)N(Cc2ccc(F)cc2)CC1C. The Morgan fingerprint density at radius 3 is 1.41 bits per heavy atom. The van der Waals surface area contributed by atoms with Gasteiger partial charge in [0.05, 0.1) is 11.4 Å². The normalized spacial score (nSPS) is 19.0. The maximum atomic E-state index is 13.2. The quantitative estimate of drug-likeness (QED) is 0.129.